The average Bonchev–Trinajstić information content (AvgIpc) is 2.28. The molecule has 0 bridgehead atoms. The molecule has 0 saturated carbocycles. The maximum atomic E-state index is 4.64. The molecule has 0 spiro atoms. The molecule has 1 aromatic carbocycles. The van der Waals surface area contributed by atoms with Gasteiger partial charge in [-0.25, -0.2) is 0 Å². The first-order chi connectivity index (χ1) is 8.15. The van der Waals surface area contributed by atoms with Crippen LogP contribution in [0.2, 0.25) is 0 Å². The highest BCUT2D eigenvalue weighted by molar-refractivity contribution is 6.03. The third-order valence-electron chi connectivity index (χ3n) is 3.11. The van der Waals surface area contributed by atoms with Crippen molar-refractivity contribution in [2.24, 2.45) is 0 Å². The predicted octanol–water partition coefficient (Wildman–Crippen LogP) is 3.71. The Hall–Kier alpha value is -1.96. The van der Waals surface area contributed by atoms with Gasteiger partial charge in [-0.15, -0.1) is 0 Å². The zero-order chi connectivity index (χ0) is 12.0. The van der Waals surface area contributed by atoms with Crippen LogP contribution in [0.3, 0.4) is 0 Å². The molecule has 84 valence electrons. The molecule has 3 aromatic rings. The van der Waals surface area contributed by atoms with Gasteiger partial charge in [0.05, 0.1) is 11.0 Å². The highest BCUT2D eigenvalue weighted by Crippen LogP contribution is 2.25. The predicted molar refractivity (Wildman–Crippen MR) is 71.3 cm³/mol. The van der Waals surface area contributed by atoms with Crippen molar-refractivity contribution in [3.63, 3.8) is 0 Å². The van der Waals surface area contributed by atoms with Crippen LogP contribution in [-0.4, -0.2) is 9.97 Å². The summed E-state index contributed by atoms with van der Waals surface area (Å²) in [6.07, 6.45) is 0. The number of hydrogen-bond donors (Lipinski definition) is 0. The molecule has 0 amide bonds. The molecule has 0 radical (unpaired) electrons. The summed E-state index contributed by atoms with van der Waals surface area (Å²) in [6.45, 7) is 6.17. The van der Waals surface area contributed by atoms with Crippen molar-refractivity contribution in [3.05, 3.63) is 47.3 Å². The Morgan fingerprint density at radius 2 is 1.47 bits per heavy atom. The van der Waals surface area contributed by atoms with Crippen molar-refractivity contribution in [2.45, 2.75) is 20.8 Å². The van der Waals surface area contributed by atoms with Crippen molar-refractivity contribution < 1.29 is 0 Å². The van der Waals surface area contributed by atoms with E-state index in [4.69, 9.17) is 0 Å². The van der Waals surface area contributed by atoms with Crippen LogP contribution in [0.1, 0.15) is 17.0 Å². The number of benzene rings is 1. The fraction of sp³-hybridized carbons (Fsp3) is 0.200. The van der Waals surface area contributed by atoms with E-state index in [-0.39, 0.29) is 0 Å². The zero-order valence-corrected chi connectivity index (χ0v) is 10.3. The van der Waals surface area contributed by atoms with Gasteiger partial charge in [0.15, 0.2) is 0 Å². The van der Waals surface area contributed by atoms with Gasteiger partial charge in [-0.3, -0.25) is 9.97 Å². The van der Waals surface area contributed by atoms with Gasteiger partial charge in [0.25, 0.3) is 0 Å². The summed E-state index contributed by atoms with van der Waals surface area (Å²) < 4.78 is 0. The number of aryl methyl sites for hydroxylation is 3. The van der Waals surface area contributed by atoms with Crippen LogP contribution in [0.5, 0.6) is 0 Å². The molecule has 0 aliphatic heterocycles. The first-order valence-corrected chi connectivity index (χ1v) is 5.79. The lowest BCUT2D eigenvalue weighted by Crippen LogP contribution is -1.91. The quantitative estimate of drug-likeness (QED) is 0.542. The fourth-order valence-corrected chi connectivity index (χ4v) is 2.30. The van der Waals surface area contributed by atoms with E-state index in [0.717, 1.165) is 27.8 Å². The van der Waals surface area contributed by atoms with Crippen LogP contribution in [0.4, 0.5) is 0 Å². The van der Waals surface area contributed by atoms with Crippen molar-refractivity contribution in [1.29, 1.82) is 0 Å². The summed E-state index contributed by atoms with van der Waals surface area (Å²) in [6, 6.07) is 10.5. The lowest BCUT2D eigenvalue weighted by molar-refractivity contribution is 1.22. The Labute approximate surface area is 100 Å². The highest BCUT2D eigenvalue weighted by atomic mass is 14.8. The molecule has 2 nitrogen and oxygen atoms in total. The number of hydrogen-bond acceptors (Lipinski definition) is 2. The minimum absolute atomic E-state index is 1.01. The van der Waals surface area contributed by atoms with Gasteiger partial charge < -0.3 is 0 Å². The summed E-state index contributed by atoms with van der Waals surface area (Å²) in [4.78, 5) is 9.27. The van der Waals surface area contributed by atoms with Crippen LogP contribution in [-0.2, 0) is 0 Å². The molecule has 0 fully saturated rings. The van der Waals surface area contributed by atoms with E-state index in [1.807, 2.05) is 19.9 Å². The summed E-state index contributed by atoms with van der Waals surface area (Å²) in [5.41, 5.74) is 5.37. The largest absolute Gasteiger partial charge is 0.251 e. The van der Waals surface area contributed by atoms with Crippen LogP contribution in [0, 0.1) is 20.8 Å². The topological polar surface area (TPSA) is 25.8 Å². The molecule has 17 heavy (non-hydrogen) atoms. The molecule has 0 aliphatic rings. The van der Waals surface area contributed by atoms with E-state index in [9.17, 15) is 0 Å². The van der Waals surface area contributed by atoms with Gasteiger partial charge in [-0.2, -0.15) is 0 Å². The zero-order valence-electron chi connectivity index (χ0n) is 10.3. The van der Waals surface area contributed by atoms with Crippen molar-refractivity contribution in [1.82, 2.24) is 9.97 Å². The number of nitrogens with zero attached hydrogens (tertiary/aromatic N) is 2. The third-order valence-corrected chi connectivity index (χ3v) is 3.11. The van der Waals surface area contributed by atoms with E-state index in [0.29, 0.717) is 0 Å². The molecular formula is C15H14N2. The monoisotopic (exact) mass is 222 g/mol. The SMILES string of the molecule is Cc1ccc2ccc3c(C)cc(C)nc3c2n1. The molecular weight excluding hydrogens is 208 g/mol. The molecule has 0 aliphatic carbocycles. The van der Waals surface area contributed by atoms with Gasteiger partial charge in [0.2, 0.25) is 0 Å². The highest BCUT2D eigenvalue weighted by Gasteiger charge is 2.06. The van der Waals surface area contributed by atoms with Gasteiger partial charge in [-0.1, -0.05) is 18.2 Å². The van der Waals surface area contributed by atoms with Gasteiger partial charge in [0, 0.05) is 22.2 Å². The van der Waals surface area contributed by atoms with E-state index < -0.39 is 0 Å². The van der Waals surface area contributed by atoms with Gasteiger partial charge in [0.1, 0.15) is 0 Å². The second-order valence-electron chi connectivity index (χ2n) is 4.57. The molecule has 0 unspecified atom stereocenters. The van der Waals surface area contributed by atoms with Crippen LogP contribution < -0.4 is 0 Å². The lowest BCUT2D eigenvalue weighted by atomic mass is 10.1. The maximum absolute atomic E-state index is 4.64. The first-order valence-electron chi connectivity index (χ1n) is 5.79. The smallest absolute Gasteiger partial charge is 0.0970 e. The number of rotatable bonds is 0. The molecule has 0 atom stereocenters. The second kappa shape index (κ2) is 3.52. The van der Waals surface area contributed by atoms with Crippen molar-refractivity contribution in [2.75, 3.05) is 0 Å². The number of fused-ring (bicyclic) bond motifs is 3. The average molecular weight is 222 g/mol. The number of aromatic nitrogens is 2. The lowest BCUT2D eigenvalue weighted by Gasteiger charge is -2.07. The fourth-order valence-electron chi connectivity index (χ4n) is 2.30. The maximum Gasteiger partial charge on any atom is 0.0970 e. The summed E-state index contributed by atoms with van der Waals surface area (Å²) in [5, 5.41) is 2.35. The van der Waals surface area contributed by atoms with Gasteiger partial charge >= 0.3 is 0 Å². The molecule has 0 saturated heterocycles. The summed E-state index contributed by atoms with van der Waals surface area (Å²) >= 11 is 0. The second-order valence-corrected chi connectivity index (χ2v) is 4.57. The molecule has 2 heterocycles. The third kappa shape index (κ3) is 1.57. The molecule has 2 aromatic heterocycles. The van der Waals surface area contributed by atoms with E-state index in [2.05, 4.69) is 41.2 Å². The van der Waals surface area contributed by atoms with E-state index >= 15 is 0 Å². The van der Waals surface area contributed by atoms with Crippen molar-refractivity contribution in [3.8, 4) is 0 Å². The van der Waals surface area contributed by atoms with Crippen LogP contribution in [0.15, 0.2) is 30.3 Å². The Morgan fingerprint density at radius 1 is 0.765 bits per heavy atom. The number of pyridine rings is 2. The minimum atomic E-state index is 1.01. The standard InChI is InChI=1S/C15H14N2/c1-9-8-11(3)17-15-13(9)7-6-12-5-4-10(2)16-14(12)15/h4-8H,1-3H3. The Kier molecular flexibility index (Phi) is 2.11. The first kappa shape index (κ1) is 10.2. The Balaban J connectivity index is 2.58. The van der Waals surface area contributed by atoms with E-state index in [1.165, 1.54) is 10.9 Å². The molecule has 3 rings (SSSR count). The molecule has 2 heteroatoms. The van der Waals surface area contributed by atoms with Gasteiger partial charge in [-0.05, 0) is 38.5 Å². The normalized spacial score (nSPS) is 11.2. The van der Waals surface area contributed by atoms with Crippen molar-refractivity contribution >= 4 is 21.8 Å². The van der Waals surface area contributed by atoms with Crippen LogP contribution >= 0.6 is 0 Å². The minimum Gasteiger partial charge on any atom is -0.251 e. The van der Waals surface area contributed by atoms with E-state index in [1.54, 1.807) is 0 Å². The van der Waals surface area contributed by atoms with Crippen LogP contribution in [0.25, 0.3) is 21.8 Å². The molecule has 0 N–H and O–H groups in total. The summed E-state index contributed by atoms with van der Waals surface area (Å²) in [5.74, 6) is 0. The Bertz CT molecular complexity index is 730. The Morgan fingerprint density at radius 3 is 2.29 bits per heavy atom. The summed E-state index contributed by atoms with van der Waals surface area (Å²) in [7, 11) is 0.